The molecule has 0 unspecified atom stereocenters. The Labute approximate surface area is 211 Å². The fraction of sp³-hybridized carbons (Fsp3) is 0.440. The lowest BCUT2D eigenvalue weighted by atomic mass is 10.1. The average Bonchev–Trinajstić information content (AvgIpc) is 2.84. The van der Waals surface area contributed by atoms with Gasteiger partial charge in [-0.3, -0.25) is 4.79 Å². The number of hydrogen-bond acceptors (Lipinski definition) is 4. The van der Waals surface area contributed by atoms with Crippen LogP contribution in [0.2, 0.25) is 10.0 Å². The van der Waals surface area contributed by atoms with Crippen molar-refractivity contribution in [2.24, 2.45) is 0 Å². The van der Waals surface area contributed by atoms with Gasteiger partial charge in [-0.25, -0.2) is 4.79 Å². The predicted octanol–water partition coefficient (Wildman–Crippen LogP) is 5.70. The molecule has 2 aromatic rings. The molecule has 1 aliphatic heterocycles. The molecule has 0 radical (unpaired) electrons. The first kappa shape index (κ1) is 26.1. The molecular weight excluding hydrogens is 473 g/mol. The van der Waals surface area contributed by atoms with Crippen molar-refractivity contribution in [2.45, 2.75) is 33.1 Å². The summed E-state index contributed by atoms with van der Waals surface area (Å²) in [7, 11) is 0. The molecule has 7 nitrogen and oxygen atoms in total. The summed E-state index contributed by atoms with van der Waals surface area (Å²) in [6.07, 6.45) is 3.41. The van der Waals surface area contributed by atoms with Crippen molar-refractivity contribution in [3.8, 4) is 0 Å². The van der Waals surface area contributed by atoms with Gasteiger partial charge in [-0.1, -0.05) is 37.0 Å². The lowest BCUT2D eigenvalue weighted by molar-refractivity contribution is 0.0949. The van der Waals surface area contributed by atoms with Crippen molar-refractivity contribution in [1.82, 2.24) is 10.2 Å². The lowest BCUT2D eigenvalue weighted by Gasteiger charge is -2.30. The smallest absolute Gasteiger partial charge is 0.323 e. The van der Waals surface area contributed by atoms with E-state index in [1.54, 1.807) is 24.3 Å². The van der Waals surface area contributed by atoms with E-state index in [-0.39, 0.29) is 5.91 Å². The van der Waals surface area contributed by atoms with Crippen LogP contribution in [0.25, 0.3) is 0 Å². The number of rotatable bonds is 9. The Hall–Kier alpha value is -2.48. The minimum atomic E-state index is -0.456. The Bertz CT molecular complexity index is 991. The van der Waals surface area contributed by atoms with Gasteiger partial charge < -0.3 is 25.8 Å². The van der Waals surface area contributed by atoms with Gasteiger partial charge in [-0.05, 0) is 68.8 Å². The van der Waals surface area contributed by atoms with Crippen LogP contribution in [0.5, 0.6) is 0 Å². The number of nitrogens with one attached hydrogen (secondary N) is 3. The minimum Gasteiger partial charge on any atom is -0.371 e. The van der Waals surface area contributed by atoms with Crippen molar-refractivity contribution in [3.63, 3.8) is 0 Å². The first-order chi connectivity index (χ1) is 16.4. The number of carbonyl (C=O) groups excluding carboxylic acids is 2. The van der Waals surface area contributed by atoms with Gasteiger partial charge in [-0.15, -0.1) is 0 Å². The Morgan fingerprint density at radius 2 is 1.71 bits per heavy atom. The summed E-state index contributed by atoms with van der Waals surface area (Å²) in [5, 5.41) is 9.39. The van der Waals surface area contributed by atoms with Gasteiger partial charge in [0, 0.05) is 42.6 Å². The Kier molecular flexibility index (Phi) is 9.86. The van der Waals surface area contributed by atoms with E-state index >= 15 is 0 Å². The van der Waals surface area contributed by atoms with Gasteiger partial charge in [0.1, 0.15) is 0 Å². The SMILES string of the molecule is CCN(CC)CCNC(=O)c1cc(NC(=O)Nc2ccc(Cl)cc2Cl)ccc1N1CCCCC1. The largest absolute Gasteiger partial charge is 0.371 e. The van der Waals surface area contributed by atoms with Gasteiger partial charge in [0.25, 0.3) is 5.91 Å². The second kappa shape index (κ2) is 12.8. The molecular formula is C25H33Cl2N5O2. The van der Waals surface area contributed by atoms with Crippen LogP contribution in [0.3, 0.4) is 0 Å². The van der Waals surface area contributed by atoms with Crippen LogP contribution in [0.4, 0.5) is 21.9 Å². The van der Waals surface area contributed by atoms with E-state index in [1.807, 2.05) is 12.1 Å². The second-order valence-electron chi connectivity index (χ2n) is 8.27. The number of hydrogen-bond donors (Lipinski definition) is 3. The fourth-order valence-electron chi connectivity index (χ4n) is 4.04. The first-order valence-electron chi connectivity index (χ1n) is 11.8. The van der Waals surface area contributed by atoms with E-state index in [1.165, 1.54) is 6.42 Å². The van der Waals surface area contributed by atoms with Gasteiger partial charge in [-0.2, -0.15) is 0 Å². The lowest BCUT2D eigenvalue weighted by Crippen LogP contribution is -2.36. The van der Waals surface area contributed by atoms with Crippen LogP contribution in [0, 0.1) is 0 Å². The number of benzene rings is 2. The van der Waals surface area contributed by atoms with Crippen LogP contribution in [0.15, 0.2) is 36.4 Å². The summed E-state index contributed by atoms with van der Waals surface area (Å²) in [5.74, 6) is -0.141. The Balaban J connectivity index is 1.74. The summed E-state index contributed by atoms with van der Waals surface area (Å²) >= 11 is 12.1. The van der Waals surface area contributed by atoms with E-state index in [9.17, 15) is 9.59 Å². The molecule has 1 saturated heterocycles. The van der Waals surface area contributed by atoms with Crippen LogP contribution in [0.1, 0.15) is 43.5 Å². The Morgan fingerprint density at radius 3 is 2.38 bits per heavy atom. The van der Waals surface area contributed by atoms with Crippen molar-refractivity contribution >= 4 is 52.2 Å². The van der Waals surface area contributed by atoms with Gasteiger partial charge in [0.15, 0.2) is 0 Å². The maximum Gasteiger partial charge on any atom is 0.323 e. The molecule has 0 spiro atoms. The highest BCUT2D eigenvalue weighted by atomic mass is 35.5. The van der Waals surface area contributed by atoms with E-state index in [4.69, 9.17) is 23.2 Å². The third kappa shape index (κ3) is 7.26. The van der Waals surface area contributed by atoms with Gasteiger partial charge in [0.05, 0.1) is 16.3 Å². The first-order valence-corrected chi connectivity index (χ1v) is 12.6. The number of piperidine rings is 1. The fourth-order valence-corrected chi connectivity index (χ4v) is 4.50. The normalized spacial score (nSPS) is 13.6. The average molecular weight is 506 g/mol. The van der Waals surface area contributed by atoms with E-state index in [2.05, 4.69) is 39.6 Å². The van der Waals surface area contributed by atoms with E-state index < -0.39 is 6.03 Å². The van der Waals surface area contributed by atoms with Gasteiger partial charge in [0.2, 0.25) is 0 Å². The monoisotopic (exact) mass is 505 g/mol. The van der Waals surface area contributed by atoms with Crippen LogP contribution in [-0.4, -0.2) is 56.1 Å². The van der Waals surface area contributed by atoms with Crippen molar-refractivity contribution in [3.05, 3.63) is 52.0 Å². The molecule has 2 aromatic carbocycles. The summed E-state index contributed by atoms with van der Waals surface area (Å²) in [5.41, 5.74) is 2.43. The third-order valence-corrected chi connectivity index (χ3v) is 6.53. The predicted molar refractivity (Wildman–Crippen MR) is 142 cm³/mol. The maximum absolute atomic E-state index is 13.2. The molecule has 1 heterocycles. The molecule has 9 heteroatoms. The molecule has 3 N–H and O–H groups in total. The molecule has 0 saturated carbocycles. The summed E-state index contributed by atoms with van der Waals surface area (Å²) < 4.78 is 0. The number of anilines is 3. The molecule has 1 aliphatic rings. The zero-order chi connectivity index (χ0) is 24.5. The van der Waals surface area contributed by atoms with E-state index in [0.29, 0.717) is 33.5 Å². The van der Waals surface area contributed by atoms with Crippen molar-refractivity contribution in [2.75, 3.05) is 54.8 Å². The summed E-state index contributed by atoms with van der Waals surface area (Å²) in [6, 6.07) is 9.86. The highest BCUT2D eigenvalue weighted by Crippen LogP contribution is 2.28. The molecule has 184 valence electrons. The molecule has 3 amide bonds. The minimum absolute atomic E-state index is 0.141. The number of halogens is 2. The Morgan fingerprint density at radius 1 is 0.971 bits per heavy atom. The number of likely N-dealkylation sites (N-methyl/N-ethyl adjacent to an activating group) is 1. The van der Waals surface area contributed by atoms with Crippen LogP contribution >= 0.6 is 23.2 Å². The summed E-state index contributed by atoms with van der Waals surface area (Å²) in [4.78, 5) is 30.2. The molecule has 1 fully saturated rings. The molecule has 3 rings (SSSR count). The summed E-state index contributed by atoms with van der Waals surface area (Å²) in [6.45, 7) is 9.29. The van der Waals surface area contributed by atoms with Crippen LogP contribution < -0.4 is 20.9 Å². The zero-order valence-corrected chi connectivity index (χ0v) is 21.3. The highest BCUT2D eigenvalue weighted by molar-refractivity contribution is 6.36. The number of carbonyl (C=O) groups is 2. The van der Waals surface area contributed by atoms with E-state index in [0.717, 1.165) is 51.3 Å². The van der Waals surface area contributed by atoms with Crippen molar-refractivity contribution < 1.29 is 9.59 Å². The third-order valence-electron chi connectivity index (χ3n) is 5.98. The van der Waals surface area contributed by atoms with Crippen LogP contribution in [-0.2, 0) is 0 Å². The quantitative estimate of drug-likeness (QED) is 0.408. The topological polar surface area (TPSA) is 76.7 Å². The zero-order valence-electron chi connectivity index (χ0n) is 19.8. The molecule has 0 bridgehead atoms. The highest BCUT2D eigenvalue weighted by Gasteiger charge is 2.20. The number of urea groups is 1. The molecule has 0 atom stereocenters. The standard InChI is InChI=1S/C25H33Cl2N5O2/c1-3-31(4-2)15-12-28-24(33)20-17-19(9-11-23(20)32-13-6-5-7-14-32)29-25(34)30-22-10-8-18(26)16-21(22)27/h8-11,16-17H,3-7,12-15H2,1-2H3,(H,28,33)(H2,29,30,34). The second-order valence-corrected chi connectivity index (χ2v) is 9.11. The molecule has 34 heavy (non-hydrogen) atoms. The van der Waals surface area contributed by atoms with Gasteiger partial charge >= 0.3 is 6.03 Å². The number of amides is 3. The van der Waals surface area contributed by atoms with Crippen molar-refractivity contribution in [1.29, 1.82) is 0 Å². The number of nitrogens with zero attached hydrogens (tertiary/aromatic N) is 2. The maximum atomic E-state index is 13.2. The molecule has 0 aromatic heterocycles. The molecule has 0 aliphatic carbocycles.